The molecule has 2 heterocycles. The Morgan fingerprint density at radius 1 is 1.56 bits per heavy atom. The fourth-order valence-corrected chi connectivity index (χ4v) is 3.61. The number of likely N-dealkylation sites (tertiary alicyclic amines) is 1. The van der Waals surface area contributed by atoms with Crippen LogP contribution < -0.4 is 0 Å². The van der Waals surface area contributed by atoms with Crippen LogP contribution in [0.15, 0.2) is 0 Å². The average Bonchev–Trinajstić information content (AvgIpc) is 2.57. The van der Waals surface area contributed by atoms with Gasteiger partial charge in [-0.15, -0.1) is 11.3 Å². The summed E-state index contributed by atoms with van der Waals surface area (Å²) in [4.78, 5) is 18.9. The van der Waals surface area contributed by atoms with E-state index in [1.54, 1.807) is 11.3 Å². The van der Waals surface area contributed by atoms with Crippen molar-refractivity contribution in [2.24, 2.45) is 5.92 Å². The Hall–Kier alpha value is -0.940. The van der Waals surface area contributed by atoms with Gasteiger partial charge in [-0.1, -0.05) is 0 Å². The molecule has 100 valence electrons. The quantitative estimate of drug-likeness (QED) is 0.911. The second-order valence-corrected chi connectivity index (χ2v) is 6.37. The van der Waals surface area contributed by atoms with Gasteiger partial charge in [-0.3, -0.25) is 9.69 Å². The smallest absolute Gasteiger partial charge is 0.303 e. The molecule has 1 aromatic heterocycles. The van der Waals surface area contributed by atoms with E-state index in [2.05, 4.69) is 16.8 Å². The molecule has 0 saturated carbocycles. The van der Waals surface area contributed by atoms with Crippen molar-refractivity contribution in [3.8, 4) is 0 Å². The van der Waals surface area contributed by atoms with Crippen molar-refractivity contribution in [1.29, 1.82) is 0 Å². The van der Waals surface area contributed by atoms with Gasteiger partial charge in [-0.2, -0.15) is 0 Å². The van der Waals surface area contributed by atoms with Gasteiger partial charge in [-0.05, 0) is 39.2 Å². The Labute approximate surface area is 112 Å². The van der Waals surface area contributed by atoms with E-state index in [0.717, 1.165) is 43.2 Å². The van der Waals surface area contributed by atoms with Crippen LogP contribution in [0.1, 0.15) is 34.8 Å². The molecule has 4 nitrogen and oxygen atoms in total. The Morgan fingerprint density at radius 3 is 2.94 bits per heavy atom. The van der Waals surface area contributed by atoms with E-state index >= 15 is 0 Å². The van der Waals surface area contributed by atoms with Crippen LogP contribution in [-0.4, -0.2) is 34.0 Å². The van der Waals surface area contributed by atoms with E-state index in [1.807, 2.05) is 6.92 Å². The second-order valence-electron chi connectivity index (χ2n) is 5.08. The number of thiazole rings is 1. The predicted molar refractivity (Wildman–Crippen MR) is 71.8 cm³/mol. The summed E-state index contributed by atoms with van der Waals surface area (Å²) in [6.45, 7) is 6.99. The molecule has 0 spiro atoms. The van der Waals surface area contributed by atoms with Crippen LogP contribution in [0.25, 0.3) is 0 Å². The van der Waals surface area contributed by atoms with Crippen LogP contribution in [0.5, 0.6) is 0 Å². The summed E-state index contributed by atoms with van der Waals surface area (Å²) in [7, 11) is 0. The molecule has 0 amide bonds. The van der Waals surface area contributed by atoms with E-state index in [9.17, 15) is 4.79 Å². The summed E-state index contributed by atoms with van der Waals surface area (Å²) in [6.07, 6.45) is 2.45. The molecule has 0 aromatic carbocycles. The van der Waals surface area contributed by atoms with Crippen molar-refractivity contribution in [3.63, 3.8) is 0 Å². The van der Waals surface area contributed by atoms with Crippen LogP contribution in [-0.2, 0) is 11.3 Å². The summed E-state index contributed by atoms with van der Waals surface area (Å²) in [5, 5.41) is 9.98. The van der Waals surface area contributed by atoms with Gasteiger partial charge in [0.25, 0.3) is 0 Å². The van der Waals surface area contributed by atoms with Crippen LogP contribution in [0.4, 0.5) is 0 Å². The van der Waals surface area contributed by atoms with Crippen molar-refractivity contribution < 1.29 is 9.90 Å². The minimum atomic E-state index is -0.674. The van der Waals surface area contributed by atoms with Crippen molar-refractivity contribution in [2.45, 2.75) is 39.7 Å². The van der Waals surface area contributed by atoms with E-state index in [1.165, 1.54) is 4.88 Å². The zero-order valence-corrected chi connectivity index (χ0v) is 11.8. The average molecular weight is 268 g/mol. The molecule has 1 N–H and O–H groups in total. The normalized spacial score (nSPS) is 21.1. The highest BCUT2D eigenvalue weighted by atomic mass is 32.1. The molecule has 1 aromatic rings. The molecule has 18 heavy (non-hydrogen) atoms. The summed E-state index contributed by atoms with van der Waals surface area (Å²) in [5.41, 5.74) is 1.12. The van der Waals surface area contributed by atoms with Gasteiger partial charge in [0.05, 0.1) is 10.7 Å². The lowest BCUT2D eigenvalue weighted by Crippen LogP contribution is -2.35. The Balaban J connectivity index is 1.93. The van der Waals surface area contributed by atoms with Crippen LogP contribution >= 0.6 is 11.3 Å². The SMILES string of the molecule is Cc1nc(C)c(CN2CCCC(CC(=O)O)C2)s1. The molecule has 1 aliphatic heterocycles. The molecular formula is C13H20N2O2S. The van der Waals surface area contributed by atoms with E-state index in [-0.39, 0.29) is 0 Å². The van der Waals surface area contributed by atoms with Gasteiger partial charge < -0.3 is 5.11 Å². The molecule has 2 rings (SSSR count). The number of carbonyl (C=O) groups is 1. The highest BCUT2D eigenvalue weighted by Crippen LogP contribution is 2.24. The van der Waals surface area contributed by atoms with Crippen LogP contribution in [0.3, 0.4) is 0 Å². The van der Waals surface area contributed by atoms with Gasteiger partial charge in [0.15, 0.2) is 0 Å². The van der Waals surface area contributed by atoms with Crippen molar-refractivity contribution in [1.82, 2.24) is 9.88 Å². The molecule has 1 aliphatic rings. The summed E-state index contributed by atoms with van der Waals surface area (Å²) in [5.74, 6) is -0.364. The first-order chi connectivity index (χ1) is 8.54. The Morgan fingerprint density at radius 2 is 2.33 bits per heavy atom. The lowest BCUT2D eigenvalue weighted by molar-refractivity contribution is -0.138. The number of carboxylic acid groups (broad SMARTS) is 1. The largest absolute Gasteiger partial charge is 0.481 e. The molecule has 5 heteroatoms. The number of aliphatic carboxylic acids is 1. The van der Waals surface area contributed by atoms with Crippen LogP contribution in [0, 0.1) is 19.8 Å². The summed E-state index contributed by atoms with van der Waals surface area (Å²) in [6, 6.07) is 0. The zero-order chi connectivity index (χ0) is 13.1. The molecule has 0 bridgehead atoms. The highest BCUT2D eigenvalue weighted by molar-refractivity contribution is 7.11. The number of nitrogens with zero attached hydrogens (tertiary/aromatic N) is 2. The number of hydrogen-bond acceptors (Lipinski definition) is 4. The molecule has 1 atom stereocenters. The molecule has 1 fully saturated rings. The maximum Gasteiger partial charge on any atom is 0.303 e. The van der Waals surface area contributed by atoms with Crippen molar-refractivity contribution >= 4 is 17.3 Å². The Bertz CT molecular complexity index is 431. The molecule has 1 saturated heterocycles. The Kier molecular flexibility index (Phi) is 4.35. The van der Waals surface area contributed by atoms with Gasteiger partial charge in [0.2, 0.25) is 0 Å². The molecule has 0 aliphatic carbocycles. The second kappa shape index (κ2) is 5.80. The van der Waals surface area contributed by atoms with E-state index in [0.29, 0.717) is 12.3 Å². The van der Waals surface area contributed by atoms with Gasteiger partial charge in [0.1, 0.15) is 0 Å². The van der Waals surface area contributed by atoms with Crippen molar-refractivity contribution in [3.05, 3.63) is 15.6 Å². The minimum Gasteiger partial charge on any atom is -0.481 e. The lowest BCUT2D eigenvalue weighted by atomic mass is 9.95. The van der Waals surface area contributed by atoms with E-state index < -0.39 is 5.97 Å². The summed E-state index contributed by atoms with van der Waals surface area (Å²) < 4.78 is 0. The number of carboxylic acids is 1. The third kappa shape index (κ3) is 3.53. The standard InChI is InChI=1S/C13H20N2O2S/c1-9-12(18-10(2)14-9)8-15-5-3-4-11(7-15)6-13(16)17/h11H,3-8H2,1-2H3,(H,16,17). The van der Waals surface area contributed by atoms with Gasteiger partial charge in [-0.25, -0.2) is 4.98 Å². The molecule has 1 unspecified atom stereocenters. The fourth-order valence-electron chi connectivity index (χ4n) is 2.63. The first kappa shape index (κ1) is 13.5. The zero-order valence-electron chi connectivity index (χ0n) is 11.0. The maximum absolute atomic E-state index is 10.8. The predicted octanol–water partition coefficient (Wildman–Crippen LogP) is 2.45. The molecular weight excluding hydrogens is 248 g/mol. The monoisotopic (exact) mass is 268 g/mol. The number of hydrogen-bond donors (Lipinski definition) is 1. The maximum atomic E-state index is 10.8. The first-order valence-corrected chi connectivity index (χ1v) is 7.23. The third-order valence-electron chi connectivity index (χ3n) is 3.43. The lowest BCUT2D eigenvalue weighted by Gasteiger charge is -2.31. The minimum absolute atomic E-state index is 0.303. The number of piperidine rings is 1. The number of rotatable bonds is 4. The molecule has 0 radical (unpaired) electrons. The van der Waals surface area contributed by atoms with Gasteiger partial charge >= 0.3 is 5.97 Å². The van der Waals surface area contributed by atoms with E-state index in [4.69, 9.17) is 5.11 Å². The third-order valence-corrected chi connectivity index (χ3v) is 4.49. The first-order valence-electron chi connectivity index (χ1n) is 6.41. The van der Waals surface area contributed by atoms with Gasteiger partial charge in [0, 0.05) is 24.4 Å². The topological polar surface area (TPSA) is 53.4 Å². The number of aromatic nitrogens is 1. The van der Waals surface area contributed by atoms with Crippen molar-refractivity contribution in [2.75, 3.05) is 13.1 Å². The number of aryl methyl sites for hydroxylation is 2. The fraction of sp³-hybridized carbons (Fsp3) is 0.692. The highest BCUT2D eigenvalue weighted by Gasteiger charge is 2.22. The van der Waals surface area contributed by atoms with Crippen LogP contribution in [0.2, 0.25) is 0 Å². The summed E-state index contributed by atoms with van der Waals surface area (Å²) >= 11 is 1.75.